The van der Waals surface area contributed by atoms with E-state index in [9.17, 15) is 4.79 Å². The Morgan fingerprint density at radius 1 is 1.15 bits per heavy atom. The van der Waals surface area contributed by atoms with Gasteiger partial charge in [0.15, 0.2) is 28.3 Å². The lowest BCUT2D eigenvalue weighted by molar-refractivity contribution is 0.102. The lowest BCUT2D eigenvalue weighted by Gasteiger charge is -2.07. The number of nitrogens with zero attached hydrogens (tertiary/aromatic N) is 3. The van der Waals surface area contributed by atoms with Gasteiger partial charge < -0.3 is 18.8 Å². The molecule has 0 aliphatic carbocycles. The lowest BCUT2D eigenvalue weighted by atomic mass is 10.2. The number of Topliss-reactive ketones (excluding diaryl/α,β-unsaturated/α-hetero) is 1. The molecule has 0 unspecified atom stereocenters. The molecule has 0 amide bonds. The van der Waals surface area contributed by atoms with Crippen LogP contribution in [0.4, 0.5) is 0 Å². The number of ether oxygens (including phenoxy) is 3. The fraction of sp³-hybridized carbons (Fsp3) is 0.211. The third-order valence-electron chi connectivity index (χ3n) is 4.07. The Bertz CT molecular complexity index is 959. The number of carbonyl (C=O) groups is 1. The number of ketones is 1. The van der Waals surface area contributed by atoms with Crippen molar-refractivity contribution in [2.75, 3.05) is 12.5 Å². The van der Waals surface area contributed by atoms with Gasteiger partial charge in [0.1, 0.15) is 12.4 Å². The quantitative estimate of drug-likeness (QED) is 0.458. The predicted octanol–water partition coefficient (Wildman–Crippen LogP) is 3.10. The van der Waals surface area contributed by atoms with Crippen LogP contribution in [-0.2, 0) is 13.7 Å². The highest BCUT2D eigenvalue weighted by atomic mass is 32.2. The van der Waals surface area contributed by atoms with E-state index in [1.165, 1.54) is 11.8 Å². The summed E-state index contributed by atoms with van der Waals surface area (Å²) >= 11 is 1.36. The number of rotatable bonds is 7. The minimum absolute atomic E-state index is 0.0572. The molecule has 8 heteroatoms. The first-order valence-electron chi connectivity index (χ1n) is 8.32. The van der Waals surface area contributed by atoms with Crippen molar-refractivity contribution >= 4 is 17.5 Å². The smallest absolute Gasteiger partial charge is 0.231 e. The number of benzene rings is 2. The zero-order valence-electron chi connectivity index (χ0n) is 14.6. The maximum atomic E-state index is 12.2. The molecule has 138 valence electrons. The molecule has 1 aromatic heterocycles. The van der Waals surface area contributed by atoms with Crippen molar-refractivity contribution < 1.29 is 19.0 Å². The fourth-order valence-electron chi connectivity index (χ4n) is 2.55. The first kappa shape index (κ1) is 17.4. The highest BCUT2D eigenvalue weighted by Crippen LogP contribution is 2.35. The van der Waals surface area contributed by atoms with E-state index in [0.29, 0.717) is 39.5 Å². The summed E-state index contributed by atoms with van der Waals surface area (Å²) in [7, 11) is 1.85. The molecular weight excluding hydrogens is 366 g/mol. The molecule has 0 atom stereocenters. The van der Waals surface area contributed by atoms with Crippen LogP contribution in [0, 0.1) is 0 Å². The molecule has 3 aromatic rings. The first-order chi connectivity index (χ1) is 13.2. The molecule has 2 heterocycles. The minimum Gasteiger partial charge on any atom is -0.485 e. The molecular formula is C19H17N3O4S. The molecule has 27 heavy (non-hydrogen) atoms. The zero-order chi connectivity index (χ0) is 18.6. The Kier molecular flexibility index (Phi) is 4.97. The van der Waals surface area contributed by atoms with Gasteiger partial charge >= 0.3 is 0 Å². The predicted molar refractivity (Wildman–Crippen MR) is 99.4 cm³/mol. The van der Waals surface area contributed by atoms with Gasteiger partial charge in [0.2, 0.25) is 6.79 Å². The van der Waals surface area contributed by atoms with Crippen molar-refractivity contribution in [3.8, 4) is 17.2 Å². The van der Waals surface area contributed by atoms with E-state index in [4.69, 9.17) is 14.2 Å². The maximum Gasteiger partial charge on any atom is 0.231 e. The molecule has 0 radical (unpaired) electrons. The van der Waals surface area contributed by atoms with Gasteiger partial charge in [-0.2, -0.15) is 0 Å². The molecule has 0 N–H and O–H groups in total. The Morgan fingerprint density at radius 2 is 1.96 bits per heavy atom. The Morgan fingerprint density at radius 3 is 2.81 bits per heavy atom. The van der Waals surface area contributed by atoms with Crippen LogP contribution in [0.1, 0.15) is 16.2 Å². The molecule has 0 fully saturated rings. The molecule has 7 nitrogen and oxygen atoms in total. The van der Waals surface area contributed by atoms with Crippen molar-refractivity contribution in [2.24, 2.45) is 7.05 Å². The van der Waals surface area contributed by atoms with Crippen LogP contribution in [0.2, 0.25) is 0 Å². The van der Waals surface area contributed by atoms with Crippen LogP contribution >= 0.6 is 11.8 Å². The van der Waals surface area contributed by atoms with Gasteiger partial charge in [0, 0.05) is 18.7 Å². The van der Waals surface area contributed by atoms with Crippen LogP contribution < -0.4 is 14.2 Å². The van der Waals surface area contributed by atoms with Gasteiger partial charge in [-0.1, -0.05) is 42.1 Å². The summed E-state index contributed by atoms with van der Waals surface area (Å²) in [6, 6.07) is 14.6. The van der Waals surface area contributed by atoms with E-state index in [-0.39, 0.29) is 19.2 Å². The minimum atomic E-state index is 0.0572. The highest BCUT2D eigenvalue weighted by Gasteiger charge is 2.15. The van der Waals surface area contributed by atoms with Gasteiger partial charge in [0.05, 0.1) is 5.75 Å². The van der Waals surface area contributed by atoms with E-state index >= 15 is 0 Å². The van der Waals surface area contributed by atoms with Gasteiger partial charge in [-0.25, -0.2) is 0 Å². The van der Waals surface area contributed by atoms with Crippen molar-refractivity contribution in [3.05, 3.63) is 59.9 Å². The second kappa shape index (κ2) is 7.71. The topological polar surface area (TPSA) is 75.5 Å². The zero-order valence-corrected chi connectivity index (χ0v) is 15.4. The van der Waals surface area contributed by atoms with Crippen molar-refractivity contribution in [1.82, 2.24) is 14.8 Å². The van der Waals surface area contributed by atoms with Gasteiger partial charge in [0.25, 0.3) is 0 Å². The van der Waals surface area contributed by atoms with E-state index in [2.05, 4.69) is 10.2 Å². The Balaban J connectivity index is 1.35. The largest absolute Gasteiger partial charge is 0.485 e. The summed E-state index contributed by atoms with van der Waals surface area (Å²) in [5.74, 6) is 3.07. The molecule has 2 aromatic carbocycles. The number of carbonyl (C=O) groups excluding carboxylic acids is 1. The van der Waals surface area contributed by atoms with E-state index in [1.54, 1.807) is 6.07 Å². The number of hydrogen-bond donors (Lipinski definition) is 0. The molecule has 1 aliphatic heterocycles. The number of fused-ring (bicyclic) bond motifs is 1. The summed E-state index contributed by atoms with van der Waals surface area (Å²) in [6.07, 6.45) is 0. The van der Waals surface area contributed by atoms with Crippen LogP contribution in [-0.4, -0.2) is 33.1 Å². The van der Waals surface area contributed by atoms with E-state index in [1.807, 2.05) is 54.1 Å². The van der Waals surface area contributed by atoms with Gasteiger partial charge in [-0.15, -0.1) is 10.2 Å². The number of aromatic nitrogens is 3. The highest BCUT2D eigenvalue weighted by molar-refractivity contribution is 7.99. The first-order valence-corrected chi connectivity index (χ1v) is 9.31. The van der Waals surface area contributed by atoms with Crippen molar-refractivity contribution in [1.29, 1.82) is 0 Å². The third-order valence-corrected chi connectivity index (χ3v) is 5.09. The molecule has 1 aliphatic rings. The summed E-state index contributed by atoms with van der Waals surface area (Å²) in [5, 5.41) is 8.97. The van der Waals surface area contributed by atoms with Crippen molar-refractivity contribution in [2.45, 2.75) is 11.8 Å². The van der Waals surface area contributed by atoms with Gasteiger partial charge in [-0.05, 0) is 12.1 Å². The average Bonchev–Trinajstić information content (AvgIpc) is 3.31. The normalized spacial score (nSPS) is 12.2. The molecule has 4 rings (SSSR count). The lowest BCUT2D eigenvalue weighted by Crippen LogP contribution is -2.06. The molecule has 0 bridgehead atoms. The summed E-state index contributed by atoms with van der Waals surface area (Å²) in [5.41, 5.74) is 0.693. The van der Waals surface area contributed by atoms with E-state index in [0.717, 1.165) is 0 Å². The summed E-state index contributed by atoms with van der Waals surface area (Å²) < 4.78 is 18.2. The molecule has 0 spiro atoms. The monoisotopic (exact) mass is 383 g/mol. The Labute approximate surface area is 160 Å². The van der Waals surface area contributed by atoms with E-state index < -0.39 is 0 Å². The number of hydrogen-bond acceptors (Lipinski definition) is 7. The Hall–Kier alpha value is -3.00. The second-order valence-corrected chi connectivity index (χ2v) is 6.78. The van der Waals surface area contributed by atoms with Crippen LogP contribution in [0.5, 0.6) is 17.2 Å². The van der Waals surface area contributed by atoms with Crippen LogP contribution in [0.15, 0.2) is 53.7 Å². The SMILES string of the molecule is Cn1c(COc2ccc3c(c2)OCO3)nnc1SCC(=O)c1ccccc1. The average molecular weight is 383 g/mol. The fourth-order valence-corrected chi connectivity index (χ4v) is 3.37. The number of thioether (sulfide) groups is 1. The summed E-state index contributed by atoms with van der Waals surface area (Å²) in [6.45, 7) is 0.487. The van der Waals surface area contributed by atoms with Gasteiger partial charge in [-0.3, -0.25) is 4.79 Å². The molecule has 0 saturated carbocycles. The summed E-state index contributed by atoms with van der Waals surface area (Å²) in [4.78, 5) is 12.2. The standard InChI is InChI=1S/C19H17N3O4S/c1-22-18(10-24-14-7-8-16-17(9-14)26-12-25-16)20-21-19(22)27-11-15(23)13-5-3-2-4-6-13/h2-9H,10-12H2,1H3. The second-order valence-electron chi connectivity index (χ2n) is 5.84. The maximum absolute atomic E-state index is 12.2. The van der Waals surface area contributed by atoms with Crippen LogP contribution in [0.25, 0.3) is 0 Å². The molecule has 0 saturated heterocycles. The van der Waals surface area contributed by atoms with Crippen LogP contribution in [0.3, 0.4) is 0 Å². The van der Waals surface area contributed by atoms with Crippen molar-refractivity contribution in [3.63, 3.8) is 0 Å². The third kappa shape index (κ3) is 3.90.